The van der Waals surface area contributed by atoms with Crippen LogP contribution < -0.4 is 5.73 Å². The van der Waals surface area contributed by atoms with E-state index >= 15 is 0 Å². The minimum atomic E-state index is 0.322. The van der Waals surface area contributed by atoms with E-state index in [1.807, 2.05) is 0 Å². The van der Waals surface area contributed by atoms with Crippen molar-refractivity contribution in [1.29, 1.82) is 0 Å². The van der Waals surface area contributed by atoms with Crippen LogP contribution in [-0.2, 0) is 6.54 Å². The lowest BCUT2D eigenvalue weighted by atomic mass is 10.2. The van der Waals surface area contributed by atoms with Gasteiger partial charge in [-0.05, 0) is 25.4 Å². The van der Waals surface area contributed by atoms with E-state index in [1.54, 1.807) is 23.7 Å². The molecule has 1 unspecified atom stereocenters. The Morgan fingerprint density at radius 2 is 2.12 bits per heavy atom. The monoisotopic (exact) mass is 248 g/mol. The summed E-state index contributed by atoms with van der Waals surface area (Å²) in [6.45, 7) is 3.02. The van der Waals surface area contributed by atoms with Gasteiger partial charge in [0.25, 0.3) is 0 Å². The largest absolute Gasteiger partial charge is 0.368 e. The fourth-order valence-corrected chi connectivity index (χ4v) is 2.47. The van der Waals surface area contributed by atoms with E-state index in [0.717, 1.165) is 12.1 Å². The van der Waals surface area contributed by atoms with Gasteiger partial charge < -0.3 is 5.73 Å². The van der Waals surface area contributed by atoms with Crippen molar-refractivity contribution in [2.45, 2.75) is 19.5 Å². The van der Waals surface area contributed by atoms with Crippen LogP contribution in [0.15, 0.2) is 29.9 Å². The molecular formula is C12H16N4S. The molecule has 17 heavy (non-hydrogen) atoms. The smallest absolute Gasteiger partial charge is 0.219 e. The fourth-order valence-electron chi connectivity index (χ4n) is 1.62. The lowest BCUT2D eigenvalue weighted by Crippen LogP contribution is -2.21. The molecule has 2 N–H and O–H groups in total. The number of aromatic nitrogens is 2. The summed E-state index contributed by atoms with van der Waals surface area (Å²) in [5.41, 5.74) is 6.53. The van der Waals surface area contributed by atoms with E-state index in [4.69, 9.17) is 5.73 Å². The zero-order valence-electron chi connectivity index (χ0n) is 10.00. The van der Waals surface area contributed by atoms with Crippen LogP contribution in [0.3, 0.4) is 0 Å². The van der Waals surface area contributed by atoms with Crippen molar-refractivity contribution in [1.82, 2.24) is 14.9 Å². The molecule has 0 aromatic carbocycles. The Morgan fingerprint density at radius 3 is 2.71 bits per heavy atom. The molecule has 0 amide bonds. The lowest BCUT2D eigenvalue weighted by Gasteiger charge is -2.23. The molecule has 0 saturated carbocycles. The summed E-state index contributed by atoms with van der Waals surface area (Å²) >= 11 is 1.78. The highest BCUT2D eigenvalue weighted by molar-refractivity contribution is 7.10. The SMILES string of the molecule is CC(c1cccs1)N(C)Cc1cnc(N)nc1. The molecule has 0 spiro atoms. The molecule has 0 saturated heterocycles. The molecule has 2 aromatic heterocycles. The molecule has 90 valence electrons. The summed E-state index contributed by atoms with van der Waals surface area (Å²) in [7, 11) is 2.10. The minimum Gasteiger partial charge on any atom is -0.368 e. The van der Waals surface area contributed by atoms with Crippen molar-refractivity contribution in [3.8, 4) is 0 Å². The van der Waals surface area contributed by atoms with Gasteiger partial charge >= 0.3 is 0 Å². The Labute approximate surface area is 105 Å². The first-order valence-corrected chi connectivity index (χ1v) is 6.35. The van der Waals surface area contributed by atoms with E-state index in [9.17, 15) is 0 Å². The molecule has 0 bridgehead atoms. The van der Waals surface area contributed by atoms with Gasteiger partial charge in [-0.15, -0.1) is 11.3 Å². The van der Waals surface area contributed by atoms with Crippen molar-refractivity contribution in [3.63, 3.8) is 0 Å². The average molecular weight is 248 g/mol. The number of nitrogen functional groups attached to an aromatic ring is 1. The Balaban J connectivity index is 2.01. The van der Waals surface area contributed by atoms with Crippen LogP contribution in [0.2, 0.25) is 0 Å². The first-order valence-electron chi connectivity index (χ1n) is 5.47. The summed E-state index contributed by atoms with van der Waals surface area (Å²) < 4.78 is 0. The van der Waals surface area contributed by atoms with Gasteiger partial charge in [0.1, 0.15) is 0 Å². The van der Waals surface area contributed by atoms with E-state index in [0.29, 0.717) is 12.0 Å². The van der Waals surface area contributed by atoms with E-state index in [1.165, 1.54) is 4.88 Å². The van der Waals surface area contributed by atoms with Crippen LogP contribution in [-0.4, -0.2) is 21.9 Å². The molecule has 0 fully saturated rings. The van der Waals surface area contributed by atoms with Crippen molar-refractivity contribution < 1.29 is 0 Å². The van der Waals surface area contributed by atoms with Gasteiger partial charge in [0.2, 0.25) is 5.95 Å². The number of rotatable bonds is 4. The maximum atomic E-state index is 5.46. The summed E-state index contributed by atoms with van der Waals surface area (Å²) in [4.78, 5) is 11.6. The summed E-state index contributed by atoms with van der Waals surface area (Å²) in [5.74, 6) is 0.322. The highest BCUT2D eigenvalue weighted by atomic mass is 32.1. The van der Waals surface area contributed by atoms with Crippen LogP contribution in [0, 0.1) is 0 Å². The van der Waals surface area contributed by atoms with Gasteiger partial charge in [-0.2, -0.15) is 0 Å². The Bertz CT molecular complexity index is 452. The molecule has 0 radical (unpaired) electrons. The highest BCUT2D eigenvalue weighted by Crippen LogP contribution is 2.24. The summed E-state index contributed by atoms with van der Waals surface area (Å²) in [5, 5.41) is 2.10. The Kier molecular flexibility index (Phi) is 3.71. The molecule has 2 aromatic rings. The van der Waals surface area contributed by atoms with Crippen LogP contribution >= 0.6 is 11.3 Å². The number of thiophene rings is 1. The van der Waals surface area contributed by atoms with Crippen molar-refractivity contribution in [3.05, 3.63) is 40.3 Å². The third kappa shape index (κ3) is 3.01. The van der Waals surface area contributed by atoms with Gasteiger partial charge in [0, 0.05) is 35.4 Å². The second-order valence-corrected chi connectivity index (χ2v) is 5.04. The maximum absolute atomic E-state index is 5.46. The molecule has 2 heterocycles. The molecule has 1 atom stereocenters. The lowest BCUT2D eigenvalue weighted by molar-refractivity contribution is 0.256. The van der Waals surface area contributed by atoms with E-state index in [2.05, 4.69) is 46.4 Å². The van der Waals surface area contributed by atoms with Crippen LogP contribution in [0.5, 0.6) is 0 Å². The van der Waals surface area contributed by atoms with Gasteiger partial charge in [-0.1, -0.05) is 6.07 Å². The third-order valence-corrected chi connectivity index (χ3v) is 3.82. The number of anilines is 1. The fraction of sp³-hybridized carbons (Fsp3) is 0.333. The number of nitrogens with two attached hydrogens (primary N) is 1. The summed E-state index contributed by atoms with van der Waals surface area (Å²) in [6.07, 6.45) is 3.56. The Morgan fingerprint density at radius 1 is 1.41 bits per heavy atom. The first-order chi connectivity index (χ1) is 8.16. The zero-order chi connectivity index (χ0) is 12.3. The van der Waals surface area contributed by atoms with Crippen molar-refractivity contribution in [2.75, 3.05) is 12.8 Å². The van der Waals surface area contributed by atoms with Crippen LogP contribution in [0.25, 0.3) is 0 Å². The van der Waals surface area contributed by atoms with Crippen molar-refractivity contribution >= 4 is 17.3 Å². The number of hydrogen-bond donors (Lipinski definition) is 1. The topological polar surface area (TPSA) is 55.0 Å². The van der Waals surface area contributed by atoms with Gasteiger partial charge in [0.15, 0.2) is 0 Å². The van der Waals surface area contributed by atoms with E-state index < -0.39 is 0 Å². The van der Waals surface area contributed by atoms with Crippen LogP contribution in [0.1, 0.15) is 23.4 Å². The van der Waals surface area contributed by atoms with Crippen LogP contribution in [0.4, 0.5) is 5.95 Å². The molecule has 0 aliphatic heterocycles. The zero-order valence-corrected chi connectivity index (χ0v) is 10.8. The first kappa shape index (κ1) is 12.0. The minimum absolute atomic E-state index is 0.322. The second-order valence-electron chi connectivity index (χ2n) is 4.06. The third-order valence-electron chi connectivity index (χ3n) is 2.77. The molecule has 5 heteroatoms. The molecule has 0 aliphatic rings. The standard InChI is InChI=1S/C12H16N4S/c1-9(11-4-3-5-17-11)16(2)8-10-6-14-12(13)15-7-10/h3-7,9H,8H2,1-2H3,(H2,13,14,15). The predicted molar refractivity (Wildman–Crippen MR) is 70.6 cm³/mol. The van der Waals surface area contributed by atoms with Gasteiger partial charge in [-0.3, -0.25) is 4.90 Å². The molecular weight excluding hydrogens is 232 g/mol. The maximum Gasteiger partial charge on any atom is 0.219 e. The van der Waals surface area contributed by atoms with E-state index in [-0.39, 0.29) is 0 Å². The number of hydrogen-bond acceptors (Lipinski definition) is 5. The Hall–Kier alpha value is -1.46. The normalized spacial score (nSPS) is 12.9. The van der Waals surface area contributed by atoms with Gasteiger partial charge in [0.05, 0.1) is 0 Å². The molecule has 2 rings (SSSR count). The quantitative estimate of drug-likeness (QED) is 0.902. The second kappa shape index (κ2) is 5.25. The number of nitrogens with zero attached hydrogens (tertiary/aromatic N) is 3. The summed E-state index contributed by atoms with van der Waals surface area (Å²) in [6, 6.07) is 4.63. The van der Waals surface area contributed by atoms with Gasteiger partial charge in [-0.25, -0.2) is 9.97 Å². The highest BCUT2D eigenvalue weighted by Gasteiger charge is 2.12. The predicted octanol–water partition coefficient (Wildman–Crippen LogP) is 2.31. The molecule has 0 aliphatic carbocycles. The average Bonchev–Trinajstić information content (AvgIpc) is 2.84. The molecule has 4 nitrogen and oxygen atoms in total. The van der Waals surface area contributed by atoms with Crippen molar-refractivity contribution in [2.24, 2.45) is 0 Å².